The molecule has 3 aromatic rings. The van der Waals surface area contributed by atoms with Crippen LogP contribution in [0.15, 0.2) is 54.9 Å². The molecule has 2 aromatic heterocycles. The number of carbonyl (C=O) groups excluding carboxylic acids is 1. The van der Waals surface area contributed by atoms with Crippen LogP contribution < -0.4 is 5.32 Å². The van der Waals surface area contributed by atoms with Gasteiger partial charge in [0.2, 0.25) is 0 Å². The second-order valence-corrected chi connectivity index (χ2v) is 8.18. The average molecular weight is 387 g/mol. The molecule has 0 saturated carbocycles. The number of nitrogens with zero attached hydrogens (tertiary/aromatic N) is 4. The van der Waals surface area contributed by atoms with Gasteiger partial charge >= 0.3 is 0 Å². The highest BCUT2D eigenvalue weighted by molar-refractivity contribution is 5.94. The minimum absolute atomic E-state index is 0.0337. The number of aromatic nitrogens is 3. The number of rotatable bonds is 4. The van der Waals surface area contributed by atoms with E-state index in [2.05, 4.69) is 50.6 Å². The van der Waals surface area contributed by atoms with Crippen molar-refractivity contribution in [2.45, 2.75) is 25.4 Å². The van der Waals surface area contributed by atoms with Crippen molar-refractivity contribution in [3.8, 4) is 0 Å². The molecule has 1 aliphatic carbocycles. The molecule has 0 spiro atoms. The smallest absolute Gasteiger partial charge is 0.251 e. The van der Waals surface area contributed by atoms with Crippen LogP contribution in [-0.4, -0.2) is 38.7 Å². The summed E-state index contributed by atoms with van der Waals surface area (Å²) in [7, 11) is 2.01. The molecule has 1 amide bonds. The molecule has 1 fully saturated rings. The molecule has 5 rings (SSSR count). The van der Waals surface area contributed by atoms with Crippen LogP contribution in [-0.2, 0) is 13.6 Å². The van der Waals surface area contributed by atoms with E-state index in [0.29, 0.717) is 17.4 Å². The summed E-state index contributed by atoms with van der Waals surface area (Å²) in [6, 6.07) is 14.3. The van der Waals surface area contributed by atoms with Crippen molar-refractivity contribution in [2.75, 3.05) is 13.1 Å². The SMILES string of the molecule is Cc1cc(CN2C[C@@H]3[C@H](NC(=O)c4ccncc4)c4ccccc4[C@@H]3C2)n(C)n1. The third-order valence-corrected chi connectivity index (χ3v) is 6.31. The summed E-state index contributed by atoms with van der Waals surface area (Å²) in [5.41, 5.74) is 5.58. The molecule has 3 atom stereocenters. The summed E-state index contributed by atoms with van der Waals surface area (Å²) in [5, 5.41) is 7.79. The number of hydrogen-bond acceptors (Lipinski definition) is 4. The van der Waals surface area contributed by atoms with Crippen molar-refractivity contribution < 1.29 is 4.79 Å². The molecule has 1 aliphatic heterocycles. The Morgan fingerprint density at radius 3 is 2.62 bits per heavy atom. The molecule has 1 aromatic carbocycles. The Bertz CT molecular complexity index is 1040. The van der Waals surface area contributed by atoms with Gasteiger partial charge in [0.1, 0.15) is 0 Å². The Morgan fingerprint density at radius 1 is 1.14 bits per heavy atom. The summed E-state index contributed by atoms with van der Waals surface area (Å²) in [6.45, 7) is 4.89. The summed E-state index contributed by atoms with van der Waals surface area (Å²) in [4.78, 5) is 19.4. The van der Waals surface area contributed by atoms with E-state index in [-0.39, 0.29) is 11.9 Å². The van der Waals surface area contributed by atoms with E-state index in [1.807, 2.05) is 18.7 Å². The van der Waals surface area contributed by atoms with E-state index < -0.39 is 0 Å². The number of hydrogen-bond donors (Lipinski definition) is 1. The van der Waals surface area contributed by atoms with Crippen LogP contribution in [0.5, 0.6) is 0 Å². The van der Waals surface area contributed by atoms with Crippen molar-refractivity contribution in [2.24, 2.45) is 13.0 Å². The molecular formula is C23H25N5O. The average Bonchev–Trinajstić information content (AvgIpc) is 3.36. The van der Waals surface area contributed by atoms with Crippen LogP contribution in [0.1, 0.15) is 44.8 Å². The monoisotopic (exact) mass is 387 g/mol. The number of carbonyl (C=O) groups is 1. The fraction of sp³-hybridized carbons (Fsp3) is 0.348. The molecule has 29 heavy (non-hydrogen) atoms. The molecule has 1 N–H and O–H groups in total. The third-order valence-electron chi connectivity index (χ3n) is 6.31. The second-order valence-electron chi connectivity index (χ2n) is 8.18. The second kappa shape index (κ2) is 7.12. The van der Waals surface area contributed by atoms with Gasteiger partial charge in [-0.1, -0.05) is 24.3 Å². The van der Waals surface area contributed by atoms with E-state index in [0.717, 1.165) is 25.3 Å². The maximum absolute atomic E-state index is 12.9. The first kappa shape index (κ1) is 18.1. The predicted octanol–water partition coefficient (Wildman–Crippen LogP) is 2.82. The highest BCUT2D eigenvalue weighted by atomic mass is 16.1. The maximum Gasteiger partial charge on any atom is 0.251 e. The van der Waals surface area contributed by atoms with Crippen molar-refractivity contribution >= 4 is 5.91 Å². The normalized spacial score (nSPS) is 23.0. The first-order chi connectivity index (χ1) is 14.1. The standard InChI is InChI=1S/C23H25N5O/c1-15-11-17(27(2)26-15)12-28-13-20-18-5-3-4-6-19(18)22(21(20)14-28)25-23(29)16-7-9-24-10-8-16/h3-11,20-22H,12-14H2,1-2H3,(H,25,29)/t20-,21-,22+/m0/s1. The van der Waals surface area contributed by atoms with E-state index >= 15 is 0 Å². The van der Waals surface area contributed by atoms with Crippen molar-refractivity contribution in [3.05, 3.63) is 82.9 Å². The van der Waals surface area contributed by atoms with Crippen LogP contribution in [0, 0.1) is 12.8 Å². The number of nitrogens with one attached hydrogen (secondary N) is 1. The molecule has 0 unspecified atom stereocenters. The van der Waals surface area contributed by atoms with Gasteiger partial charge in [0.05, 0.1) is 17.4 Å². The topological polar surface area (TPSA) is 63.1 Å². The Balaban J connectivity index is 1.39. The van der Waals surface area contributed by atoms with Crippen LogP contribution in [0.2, 0.25) is 0 Å². The van der Waals surface area contributed by atoms with Gasteiger partial charge in [-0.2, -0.15) is 5.10 Å². The van der Waals surface area contributed by atoms with Gasteiger partial charge in [-0.3, -0.25) is 19.4 Å². The summed E-state index contributed by atoms with van der Waals surface area (Å²) in [5.74, 6) is 0.796. The van der Waals surface area contributed by atoms with E-state index in [4.69, 9.17) is 0 Å². The highest BCUT2D eigenvalue weighted by Crippen LogP contribution is 2.49. The Kier molecular flexibility index (Phi) is 4.43. The first-order valence-corrected chi connectivity index (χ1v) is 10.1. The van der Waals surface area contributed by atoms with Gasteiger partial charge in [0.15, 0.2) is 0 Å². The van der Waals surface area contributed by atoms with Crippen LogP contribution in [0.4, 0.5) is 0 Å². The number of pyridine rings is 1. The number of likely N-dealkylation sites (tertiary alicyclic amines) is 1. The number of amides is 1. The zero-order valence-corrected chi connectivity index (χ0v) is 16.7. The van der Waals surface area contributed by atoms with Crippen LogP contribution >= 0.6 is 0 Å². The van der Waals surface area contributed by atoms with Gasteiger partial charge in [-0.15, -0.1) is 0 Å². The molecule has 0 bridgehead atoms. The van der Waals surface area contributed by atoms with Gasteiger partial charge in [0.25, 0.3) is 5.91 Å². The van der Waals surface area contributed by atoms with Gasteiger partial charge in [-0.05, 0) is 36.2 Å². The lowest BCUT2D eigenvalue weighted by atomic mass is 9.94. The van der Waals surface area contributed by atoms with Crippen molar-refractivity contribution in [3.63, 3.8) is 0 Å². The Labute approximate surface area is 170 Å². The Hall–Kier alpha value is -2.99. The lowest BCUT2D eigenvalue weighted by molar-refractivity contribution is 0.0923. The lowest BCUT2D eigenvalue weighted by Gasteiger charge is -2.23. The molecule has 1 saturated heterocycles. The van der Waals surface area contributed by atoms with E-state index in [9.17, 15) is 4.79 Å². The van der Waals surface area contributed by atoms with E-state index in [1.54, 1.807) is 24.5 Å². The molecule has 6 heteroatoms. The summed E-state index contributed by atoms with van der Waals surface area (Å²) in [6.07, 6.45) is 3.32. The quantitative estimate of drug-likeness (QED) is 0.748. The number of benzene rings is 1. The highest BCUT2D eigenvalue weighted by Gasteiger charge is 2.46. The maximum atomic E-state index is 12.9. The molecule has 2 aliphatic rings. The molecule has 3 heterocycles. The fourth-order valence-corrected chi connectivity index (χ4v) is 5.03. The van der Waals surface area contributed by atoms with Crippen LogP contribution in [0.3, 0.4) is 0 Å². The fourth-order valence-electron chi connectivity index (χ4n) is 5.03. The summed E-state index contributed by atoms with van der Waals surface area (Å²) >= 11 is 0. The number of fused-ring (bicyclic) bond motifs is 3. The molecule has 6 nitrogen and oxygen atoms in total. The molecule has 148 valence electrons. The third kappa shape index (κ3) is 3.23. The van der Waals surface area contributed by atoms with Gasteiger partial charge in [-0.25, -0.2) is 0 Å². The minimum atomic E-state index is -0.0337. The first-order valence-electron chi connectivity index (χ1n) is 10.1. The van der Waals surface area contributed by atoms with E-state index in [1.165, 1.54) is 16.8 Å². The van der Waals surface area contributed by atoms with Gasteiger partial charge < -0.3 is 5.32 Å². The molecular weight excluding hydrogens is 362 g/mol. The van der Waals surface area contributed by atoms with Gasteiger partial charge in [0, 0.05) is 56.5 Å². The zero-order valence-electron chi connectivity index (χ0n) is 16.7. The predicted molar refractivity (Wildman–Crippen MR) is 110 cm³/mol. The molecule has 0 radical (unpaired) electrons. The summed E-state index contributed by atoms with van der Waals surface area (Å²) < 4.78 is 1.97. The number of aryl methyl sites for hydroxylation is 2. The van der Waals surface area contributed by atoms with Crippen molar-refractivity contribution in [1.29, 1.82) is 0 Å². The van der Waals surface area contributed by atoms with Crippen molar-refractivity contribution in [1.82, 2.24) is 25.0 Å². The largest absolute Gasteiger partial charge is 0.345 e. The Morgan fingerprint density at radius 2 is 1.90 bits per heavy atom. The minimum Gasteiger partial charge on any atom is -0.345 e. The van der Waals surface area contributed by atoms with Crippen LogP contribution in [0.25, 0.3) is 0 Å². The zero-order chi connectivity index (χ0) is 20.0. The lowest BCUT2D eigenvalue weighted by Crippen LogP contribution is -2.33.